The van der Waals surface area contributed by atoms with Crippen molar-refractivity contribution in [2.45, 2.75) is 11.1 Å². The zero-order valence-electron chi connectivity index (χ0n) is 8.51. The van der Waals surface area contributed by atoms with Gasteiger partial charge in [-0.25, -0.2) is 8.42 Å². The molecule has 0 aliphatic carbocycles. The highest BCUT2D eigenvalue weighted by Crippen LogP contribution is 2.30. The highest BCUT2D eigenvalue weighted by molar-refractivity contribution is 9.10. The molecule has 0 unspecified atom stereocenters. The lowest BCUT2D eigenvalue weighted by Gasteiger charge is -2.18. The molecule has 0 aliphatic rings. The first-order chi connectivity index (χ1) is 7.39. The second kappa shape index (κ2) is 5.54. The second-order valence-corrected chi connectivity index (χ2v) is 7.38. The van der Waals surface area contributed by atoms with Crippen LogP contribution in [0.5, 0.6) is 0 Å². The molecule has 0 spiro atoms. The van der Waals surface area contributed by atoms with Crippen molar-refractivity contribution in [3.05, 3.63) is 15.9 Å². The fourth-order valence-electron chi connectivity index (χ4n) is 1.12. The summed E-state index contributed by atoms with van der Waals surface area (Å²) in [6.07, 6.45) is 0. The molecule has 0 radical (unpaired) electrons. The number of rotatable bonds is 5. The van der Waals surface area contributed by atoms with E-state index in [4.69, 9.17) is 18.0 Å². The maximum Gasteiger partial charge on any atom is 0.254 e. The number of hydrogen-bond acceptors (Lipinski definition) is 4. The van der Waals surface area contributed by atoms with Gasteiger partial charge in [-0.3, -0.25) is 0 Å². The molecule has 0 saturated carbocycles. The summed E-state index contributed by atoms with van der Waals surface area (Å²) in [4.78, 5) is 0.165. The molecule has 4 nitrogen and oxygen atoms in total. The van der Waals surface area contributed by atoms with Gasteiger partial charge < -0.3 is 5.73 Å². The standard InChI is InChI=1S/C8H11BrN2O2S3/c1-2-11(5-7(10)14)16(12,13)8-6(9)3-4-15-8/h3-4H,2,5H2,1H3,(H2,10,14). The summed E-state index contributed by atoms with van der Waals surface area (Å²) in [5, 5.41) is 1.71. The zero-order valence-corrected chi connectivity index (χ0v) is 12.5. The van der Waals surface area contributed by atoms with Crippen molar-refractivity contribution in [2.24, 2.45) is 5.73 Å². The molecule has 8 heteroatoms. The van der Waals surface area contributed by atoms with Gasteiger partial charge in [-0.2, -0.15) is 4.31 Å². The molecule has 1 aromatic heterocycles. The highest BCUT2D eigenvalue weighted by atomic mass is 79.9. The van der Waals surface area contributed by atoms with Gasteiger partial charge in [0.15, 0.2) is 0 Å². The SMILES string of the molecule is CCN(CC(N)=S)S(=O)(=O)c1sccc1Br. The predicted molar refractivity (Wildman–Crippen MR) is 73.2 cm³/mol. The molecule has 1 heterocycles. The summed E-state index contributed by atoms with van der Waals surface area (Å²) in [6.45, 7) is 2.15. The summed E-state index contributed by atoms with van der Waals surface area (Å²) in [7, 11) is -3.50. The lowest BCUT2D eigenvalue weighted by Crippen LogP contribution is -2.37. The quantitative estimate of drug-likeness (QED) is 0.829. The summed E-state index contributed by atoms with van der Waals surface area (Å²) < 4.78 is 26.5. The minimum Gasteiger partial charge on any atom is -0.392 e. The van der Waals surface area contributed by atoms with E-state index in [0.29, 0.717) is 11.0 Å². The average molecular weight is 343 g/mol. The van der Waals surface area contributed by atoms with Gasteiger partial charge in [-0.05, 0) is 27.4 Å². The largest absolute Gasteiger partial charge is 0.392 e. The van der Waals surface area contributed by atoms with Gasteiger partial charge in [0.25, 0.3) is 10.0 Å². The Morgan fingerprint density at radius 3 is 2.69 bits per heavy atom. The number of thiocarbonyl (C=S) groups is 1. The van der Waals surface area contributed by atoms with Crippen molar-refractivity contribution >= 4 is 54.5 Å². The molecule has 0 aliphatic heterocycles. The number of sulfonamides is 1. The number of halogens is 1. The molecule has 2 N–H and O–H groups in total. The van der Waals surface area contributed by atoms with Crippen molar-refractivity contribution in [1.29, 1.82) is 0 Å². The van der Waals surface area contributed by atoms with Crippen LogP contribution in [0.3, 0.4) is 0 Å². The van der Waals surface area contributed by atoms with E-state index < -0.39 is 10.0 Å². The van der Waals surface area contributed by atoms with Gasteiger partial charge in [0, 0.05) is 11.0 Å². The zero-order chi connectivity index (χ0) is 12.3. The summed E-state index contributed by atoms with van der Waals surface area (Å²) in [5.74, 6) is 0. The van der Waals surface area contributed by atoms with E-state index in [0.717, 1.165) is 0 Å². The van der Waals surface area contributed by atoms with Crippen molar-refractivity contribution < 1.29 is 8.42 Å². The van der Waals surface area contributed by atoms with Gasteiger partial charge in [-0.1, -0.05) is 19.1 Å². The second-order valence-electron chi connectivity index (χ2n) is 2.95. The van der Waals surface area contributed by atoms with Crippen LogP contribution in [0.15, 0.2) is 20.1 Å². The summed E-state index contributed by atoms with van der Waals surface area (Å²) in [5.41, 5.74) is 5.37. The van der Waals surface area contributed by atoms with E-state index in [9.17, 15) is 8.42 Å². The van der Waals surface area contributed by atoms with E-state index in [1.165, 1.54) is 15.6 Å². The van der Waals surface area contributed by atoms with Gasteiger partial charge in [0.05, 0.1) is 11.5 Å². The van der Waals surface area contributed by atoms with Crippen molar-refractivity contribution in [1.82, 2.24) is 4.31 Å². The van der Waals surface area contributed by atoms with E-state index in [-0.39, 0.29) is 15.7 Å². The minimum atomic E-state index is -3.50. The van der Waals surface area contributed by atoms with Crippen LogP contribution in [-0.4, -0.2) is 30.8 Å². The van der Waals surface area contributed by atoms with Crippen LogP contribution in [0.25, 0.3) is 0 Å². The third kappa shape index (κ3) is 3.01. The van der Waals surface area contributed by atoms with Crippen molar-refractivity contribution in [3.8, 4) is 0 Å². The Morgan fingerprint density at radius 2 is 2.31 bits per heavy atom. The van der Waals surface area contributed by atoms with Gasteiger partial charge in [0.1, 0.15) is 4.21 Å². The summed E-state index contributed by atoms with van der Waals surface area (Å²) >= 11 is 9.11. The third-order valence-corrected chi connectivity index (χ3v) is 6.54. The van der Waals surface area contributed by atoms with Crippen molar-refractivity contribution in [3.63, 3.8) is 0 Å². The normalized spacial score (nSPS) is 11.9. The molecule has 1 aromatic rings. The maximum atomic E-state index is 12.2. The minimum absolute atomic E-state index is 0.0680. The summed E-state index contributed by atoms with van der Waals surface area (Å²) in [6, 6.07) is 1.70. The molecule has 0 bridgehead atoms. The van der Waals surface area contributed by atoms with E-state index in [2.05, 4.69) is 15.9 Å². The van der Waals surface area contributed by atoms with E-state index in [1.807, 2.05) is 0 Å². The molecular formula is C8H11BrN2O2S3. The molecule has 90 valence electrons. The van der Waals surface area contributed by atoms with Gasteiger partial charge >= 0.3 is 0 Å². The Morgan fingerprint density at radius 1 is 1.69 bits per heavy atom. The lowest BCUT2D eigenvalue weighted by atomic mass is 10.6. The smallest absolute Gasteiger partial charge is 0.254 e. The third-order valence-electron chi connectivity index (χ3n) is 1.84. The van der Waals surface area contributed by atoms with Crippen LogP contribution < -0.4 is 5.73 Å². The molecule has 16 heavy (non-hydrogen) atoms. The molecule has 0 amide bonds. The highest BCUT2D eigenvalue weighted by Gasteiger charge is 2.26. The van der Waals surface area contributed by atoms with Crippen LogP contribution in [0.1, 0.15) is 6.92 Å². The monoisotopic (exact) mass is 342 g/mol. The number of thiophene rings is 1. The molecule has 0 fully saturated rings. The first-order valence-corrected chi connectivity index (χ1v) is 7.93. The van der Waals surface area contributed by atoms with Crippen LogP contribution in [0.4, 0.5) is 0 Å². The van der Waals surface area contributed by atoms with Crippen LogP contribution in [0, 0.1) is 0 Å². The number of nitrogens with two attached hydrogens (primary N) is 1. The Labute approximate surface area is 113 Å². The number of likely N-dealkylation sites (N-methyl/N-ethyl adjacent to an activating group) is 1. The molecule has 0 saturated heterocycles. The lowest BCUT2D eigenvalue weighted by molar-refractivity contribution is 0.469. The van der Waals surface area contributed by atoms with E-state index >= 15 is 0 Å². The average Bonchev–Trinajstić information content (AvgIpc) is 2.60. The van der Waals surface area contributed by atoms with Crippen molar-refractivity contribution in [2.75, 3.05) is 13.1 Å². The molecule has 0 aromatic carbocycles. The Balaban J connectivity index is 3.09. The molecule has 1 rings (SSSR count). The first-order valence-electron chi connectivity index (χ1n) is 4.41. The van der Waals surface area contributed by atoms with Gasteiger partial charge in [-0.15, -0.1) is 11.3 Å². The van der Waals surface area contributed by atoms with Crippen LogP contribution in [0.2, 0.25) is 0 Å². The van der Waals surface area contributed by atoms with Gasteiger partial charge in [0.2, 0.25) is 0 Å². The Bertz CT molecular complexity index is 483. The van der Waals surface area contributed by atoms with Crippen LogP contribution in [-0.2, 0) is 10.0 Å². The molecular weight excluding hydrogens is 332 g/mol. The van der Waals surface area contributed by atoms with E-state index in [1.54, 1.807) is 18.4 Å². The topological polar surface area (TPSA) is 63.4 Å². The molecule has 0 atom stereocenters. The Kier molecular flexibility index (Phi) is 4.87. The number of nitrogens with zero attached hydrogens (tertiary/aromatic N) is 1. The number of hydrogen-bond donors (Lipinski definition) is 1. The fourth-order valence-corrected chi connectivity index (χ4v) is 5.24. The predicted octanol–water partition coefficient (Wildman–Crippen LogP) is 1.81. The van der Waals surface area contributed by atoms with Crippen LogP contribution >= 0.6 is 39.5 Å². The maximum absolute atomic E-state index is 12.2. The Hall–Kier alpha value is -0.0200. The fraction of sp³-hybridized carbons (Fsp3) is 0.375. The first kappa shape index (κ1) is 14.0.